The van der Waals surface area contributed by atoms with Crippen molar-refractivity contribution in [3.63, 3.8) is 0 Å². The van der Waals surface area contributed by atoms with E-state index in [9.17, 15) is 4.79 Å². The largest absolute Gasteiger partial charge is 0.349 e. The molecule has 0 spiro atoms. The van der Waals surface area contributed by atoms with E-state index in [0.29, 0.717) is 18.3 Å². The SMILES string of the molecule is CNCCCC(=O)NC(c1ccc(C(C)C)cc1)C(C)C.Cl. The summed E-state index contributed by atoms with van der Waals surface area (Å²) in [6, 6.07) is 8.72. The zero-order valence-electron chi connectivity index (χ0n) is 14.5. The maximum absolute atomic E-state index is 12.0. The Hall–Kier alpha value is -1.06. The van der Waals surface area contributed by atoms with E-state index in [1.165, 1.54) is 11.1 Å². The number of hydrogen-bond acceptors (Lipinski definition) is 2. The summed E-state index contributed by atoms with van der Waals surface area (Å²) in [7, 11) is 1.91. The smallest absolute Gasteiger partial charge is 0.220 e. The molecule has 0 fully saturated rings. The first-order chi connectivity index (χ1) is 9.95. The van der Waals surface area contributed by atoms with E-state index in [0.717, 1.165) is 13.0 Å². The van der Waals surface area contributed by atoms with Gasteiger partial charge in [-0.1, -0.05) is 52.0 Å². The standard InChI is InChI=1S/C18H30N2O.ClH/c1-13(2)15-8-10-16(11-9-15)18(14(3)4)20-17(21)7-6-12-19-5;/h8-11,13-14,18-19H,6-7,12H2,1-5H3,(H,20,21);1H. The van der Waals surface area contributed by atoms with Gasteiger partial charge in [0.05, 0.1) is 6.04 Å². The quantitative estimate of drug-likeness (QED) is 0.708. The summed E-state index contributed by atoms with van der Waals surface area (Å²) in [6.45, 7) is 9.56. The molecule has 22 heavy (non-hydrogen) atoms. The third-order valence-electron chi connectivity index (χ3n) is 3.78. The van der Waals surface area contributed by atoms with Gasteiger partial charge in [0.15, 0.2) is 0 Å². The summed E-state index contributed by atoms with van der Waals surface area (Å²) in [5.41, 5.74) is 2.53. The number of halogens is 1. The molecule has 0 aliphatic rings. The van der Waals surface area contributed by atoms with Gasteiger partial charge in [-0.25, -0.2) is 0 Å². The van der Waals surface area contributed by atoms with Crippen LogP contribution in [0.1, 0.15) is 63.6 Å². The number of rotatable bonds is 8. The van der Waals surface area contributed by atoms with E-state index in [-0.39, 0.29) is 24.4 Å². The lowest BCUT2D eigenvalue weighted by molar-refractivity contribution is -0.122. The predicted octanol–water partition coefficient (Wildman–Crippen LogP) is 4.04. The van der Waals surface area contributed by atoms with Gasteiger partial charge in [0.25, 0.3) is 0 Å². The third-order valence-corrected chi connectivity index (χ3v) is 3.78. The van der Waals surface area contributed by atoms with Gasteiger partial charge in [-0.15, -0.1) is 12.4 Å². The summed E-state index contributed by atoms with van der Waals surface area (Å²) in [5, 5.41) is 6.24. The van der Waals surface area contributed by atoms with Crippen LogP contribution in [-0.4, -0.2) is 19.5 Å². The van der Waals surface area contributed by atoms with Crippen molar-refractivity contribution < 1.29 is 4.79 Å². The average molecular weight is 327 g/mol. The lowest BCUT2D eigenvalue weighted by atomic mass is 9.93. The fourth-order valence-corrected chi connectivity index (χ4v) is 2.39. The highest BCUT2D eigenvalue weighted by Crippen LogP contribution is 2.24. The highest BCUT2D eigenvalue weighted by Gasteiger charge is 2.18. The molecule has 0 saturated carbocycles. The predicted molar refractivity (Wildman–Crippen MR) is 96.7 cm³/mol. The number of carbonyl (C=O) groups excluding carboxylic acids is 1. The highest BCUT2D eigenvalue weighted by molar-refractivity contribution is 5.85. The molecule has 3 nitrogen and oxygen atoms in total. The van der Waals surface area contributed by atoms with E-state index in [1.54, 1.807) is 0 Å². The molecule has 0 saturated heterocycles. The molecule has 4 heteroatoms. The van der Waals surface area contributed by atoms with Gasteiger partial charge in [0.2, 0.25) is 5.91 Å². The van der Waals surface area contributed by atoms with Crippen LogP contribution >= 0.6 is 12.4 Å². The molecule has 1 amide bonds. The third kappa shape index (κ3) is 6.80. The van der Waals surface area contributed by atoms with Crippen molar-refractivity contribution in [1.82, 2.24) is 10.6 Å². The van der Waals surface area contributed by atoms with E-state index >= 15 is 0 Å². The Labute approximate surface area is 141 Å². The molecule has 1 aromatic rings. The number of hydrogen-bond donors (Lipinski definition) is 2. The number of amides is 1. The average Bonchev–Trinajstić information content (AvgIpc) is 2.45. The van der Waals surface area contributed by atoms with Crippen LogP contribution in [0, 0.1) is 5.92 Å². The molecule has 0 aliphatic carbocycles. The van der Waals surface area contributed by atoms with Crippen molar-refractivity contribution in [3.05, 3.63) is 35.4 Å². The molecule has 1 atom stereocenters. The van der Waals surface area contributed by atoms with Crippen LogP contribution in [0.5, 0.6) is 0 Å². The summed E-state index contributed by atoms with van der Waals surface area (Å²) < 4.78 is 0. The fourth-order valence-electron chi connectivity index (χ4n) is 2.39. The highest BCUT2D eigenvalue weighted by atomic mass is 35.5. The van der Waals surface area contributed by atoms with Crippen molar-refractivity contribution in [2.24, 2.45) is 5.92 Å². The molecule has 1 aromatic carbocycles. The van der Waals surface area contributed by atoms with E-state index in [4.69, 9.17) is 0 Å². The second-order valence-electron chi connectivity index (χ2n) is 6.32. The van der Waals surface area contributed by atoms with Crippen LogP contribution < -0.4 is 10.6 Å². The molecule has 0 aliphatic heterocycles. The molecule has 126 valence electrons. The Morgan fingerprint density at radius 2 is 1.59 bits per heavy atom. The van der Waals surface area contributed by atoms with Crippen molar-refractivity contribution >= 4 is 18.3 Å². The maximum Gasteiger partial charge on any atom is 0.220 e. The van der Waals surface area contributed by atoms with Gasteiger partial charge in [-0.3, -0.25) is 4.79 Å². The first kappa shape index (κ1) is 20.9. The minimum absolute atomic E-state index is 0. The molecular formula is C18H31ClN2O. The Balaban J connectivity index is 0.00000441. The van der Waals surface area contributed by atoms with E-state index in [1.807, 2.05) is 7.05 Å². The summed E-state index contributed by atoms with van der Waals surface area (Å²) in [4.78, 5) is 12.0. The Kier molecular flexibility index (Phi) is 10.1. The normalized spacial score (nSPS) is 12.1. The minimum atomic E-state index is 0. The summed E-state index contributed by atoms with van der Waals surface area (Å²) in [5.74, 6) is 1.05. The van der Waals surface area contributed by atoms with Gasteiger partial charge in [-0.2, -0.15) is 0 Å². The van der Waals surface area contributed by atoms with Crippen LogP contribution in [-0.2, 0) is 4.79 Å². The number of benzene rings is 1. The van der Waals surface area contributed by atoms with Gasteiger partial charge >= 0.3 is 0 Å². The zero-order chi connectivity index (χ0) is 15.8. The molecule has 2 N–H and O–H groups in total. The van der Waals surface area contributed by atoms with Crippen molar-refractivity contribution in [3.8, 4) is 0 Å². The topological polar surface area (TPSA) is 41.1 Å². The molecule has 1 unspecified atom stereocenters. The van der Waals surface area contributed by atoms with Crippen LogP contribution in [0.25, 0.3) is 0 Å². The second-order valence-corrected chi connectivity index (χ2v) is 6.32. The van der Waals surface area contributed by atoms with Gasteiger partial charge in [-0.05, 0) is 43.0 Å². The van der Waals surface area contributed by atoms with E-state index in [2.05, 4.69) is 62.6 Å². The lowest BCUT2D eigenvalue weighted by Crippen LogP contribution is -2.32. The maximum atomic E-state index is 12.0. The number of carbonyl (C=O) groups is 1. The summed E-state index contributed by atoms with van der Waals surface area (Å²) in [6.07, 6.45) is 1.45. The van der Waals surface area contributed by atoms with E-state index < -0.39 is 0 Å². The molecule has 0 aromatic heterocycles. The van der Waals surface area contributed by atoms with Gasteiger partial charge < -0.3 is 10.6 Å². The summed E-state index contributed by atoms with van der Waals surface area (Å²) >= 11 is 0. The van der Waals surface area contributed by atoms with Gasteiger partial charge in [0, 0.05) is 6.42 Å². The minimum Gasteiger partial charge on any atom is -0.349 e. The molecular weight excluding hydrogens is 296 g/mol. The van der Waals surface area contributed by atoms with Crippen LogP contribution in [0.3, 0.4) is 0 Å². The monoisotopic (exact) mass is 326 g/mol. The van der Waals surface area contributed by atoms with Crippen LogP contribution in [0.15, 0.2) is 24.3 Å². The Bertz CT molecular complexity index is 429. The lowest BCUT2D eigenvalue weighted by Gasteiger charge is -2.23. The Morgan fingerprint density at radius 3 is 2.05 bits per heavy atom. The van der Waals surface area contributed by atoms with Crippen molar-refractivity contribution in [2.45, 2.75) is 52.5 Å². The zero-order valence-corrected chi connectivity index (χ0v) is 15.3. The molecule has 0 radical (unpaired) electrons. The Morgan fingerprint density at radius 1 is 1.05 bits per heavy atom. The molecule has 1 rings (SSSR count). The van der Waals surface area contributed by atoms with Gasteiger partial charge in [0.1, 0.15) is 0 Å². The molecule has 0 heterocycles. The fraction of sp³-hybridized carbons (Fsp3) is 0.611. The second kappa shape index (κ2) is 10.6. The van der Waals surface area contributed by atoms with Crippen LogP contribution in [0.2, 0.25) is 0 Å². The van der Waals surface area contributed by atoms with Crippen molar-refractivity contribution in [1.29, 1.82) is 0 Å². The number of nitrogens with one attached hydrogen (secondary N) is 2. The molecule has 0 bridgehead atoms. The first-order valence-corrected chi connectivity index (χ1v) is 7.99. The van der Waals surface area contributed by atoms with Crippen LogP contribution in [0.4, 0.5) is 0 Å². The first-order valence-electron chi connectivity index (χ1n) is 7.99. The van der Waals surface area contributed by atoms with Crippen molar-refractivity contribution in [2.75, 3.05) is 13.6 Å².